The summed E-state index contributed by atoms with van der Waals surface area (Å²) in [4.78, 5) is 17.6. The minimum atomic E-state index is -0.172. The molecule has 0 aliphatic carbocycles. The smallest absolute Gasteiger partial charge is 0.255 e. The van der Waals surface area contributed by atoms with E-state index >= 15 is 0 Å². The lowest BCUT2D eigenvalue weighted by molar-refractivity contribution is 0.102. The summed E-state index contributed by atoms with van der Waals surface area (Å²) in [7, 11) is 1.64. The summed E-state index contributed by atoms with van der Waals surface area (Å²) in [6.07, 6.45) is 0. The molecule has 0 radical (unpaired) electrons. The summed E-state index contributed by atoms with van der Waals surface area (Å²) in [5.41, 5.74) is 5.18. The Morgan fingerprint density at radius 2 is 1.79 bits per heavy atom. The third-order valence-electron chi connectivity index (χ3n) is 6.31. The summed E-state index contributed by atoms with van der Waals surface area (Å²) >= 11 is 6.59. The summed E-state index contributed by atoms with van der Waals surface area (Å²) in [5.74, 6) is 0.622. The van der Waals surface area contributed by atoms with Crippen molar-refractivity contribution in [3.63, 3.8) is 0 Å². The second-order valence-electron chi connectivity index (χ2n) is 8.38. The third kappa shape index (κ3) is 5.36. The predicted molar refractivity (Wildman–Crippen MR) is 138 cm³/mol. The molecule has 1 aliphatic heterocycles. The molecule has 0 bridgehead atoms. The van der Waals surface area contributed by atoms with E-state index in [2.05, 4.69) is 15.1 Å². The van der Waals surface area contributed by atoms with Crippen LogP contribution in [0.3, 0.4) is 0 Å². The fourth-order valence-electron chi connectivity index (χ4n) is 4.36. The number of nitrogens with one attached hydrogen (secondary N) is 1. The summed E-state index contributed by atoms with van der Waals surface area (Å²) in [5, 5.41) is 12.7. The number of rotatable bonds is 7. The molecule has 0 saturated carbocycles. The van der Waals surface area contributed by atoms with Gasteiger partial charge in [0.05, 0.1) is 24.4 Å². The number of carbonyl (C=O) groups is 1. The van der Waals surface area contributed by atoms with E-state index in [0.717, 1.165) is 54.3 Å². The van der Waals surface area contributed by atoms with Gasteiger partial charge >= 0.3 is 0 Å². The van der Waals surface area contributed by atoms with Crippen molar-refractivity contribution in [2.45, 2.75) is 6.92 Å². The van der Waals surface area contributed by atoms with Gasteiger partial charge in [0.2, 0.25) is 0 Å². The largest absolute Gasteiger partial charge is 0.497 e. The minimum absolute atomic E-state index is 0.172. The summed E-state index contributed by atoms with van der Waals surface area (Å²) in [6.45, 7) is 6.31. The van der Waals surface area contributed by atoms with E-state index in [0.29, 0.717) is 22.8 Å². The molecule has 7 heteroatoms. The normalized spacial score (nSPS) is 14.2. The van der Waals surface area contributed by atoms with E-state index in [1.54, 1.807) is 13.2 Å². The zero-order chi connectivity index (χ0) is 24.1. The molecule has 1 amide bonds. The lowest BCUT2D eigenvalue weighted by atomic mass is 9.96. The number of halogens is 1. The van der Waals surface area contributed by atoms with E-state index in [1.165, 1.54) is 0 Å². The molecular weight excluding hydrogens is 450 g/mol. The van der Waals surface area contributed by atoms with Gasteiger partial charge in [-0.15, -0.1) is 0 Å². The Kier molecular flexibility index (Phi) is 7.73. The Morgan fingerprint density at radius 1 is 1.06 bits per heavy atom. The Balaban J connectivity index is 1.47. The van der Waals surface area contributed by atoms with Crippen molar-refractivity contribution in [1.82, 2.24) is 4.90 Å². The van der Waals surface area contributed by atoms with E-state index < -0.39 is 0 Å². The molecule has 0 atom stereocenters. The number of hydrogen-bond acceptors (Lipinski definition) is 5. The average molecular weight is 480 g/mol. The molecule has 0 unspecified atom stereocenters. The lowest BCUT2D eigenvalue weighted by Gasteiger charge is -2.36. The Bertz CT molecular complexity index is 1140. The number of benzene rings is 3. The zero-order valence-corrected chi connectivity index (χ0v) is 20.3. The van der Waals surface area contributed by atoms with Crippen LogP contribution in [0.2, 0.25) is 5.02 Å². The van der Waals surface area contributed by atoms with Crippen molar-refractivity contribution in [3.05, 3.63) is 76.8 Å². The number of aliphatic hydroxyl groups excluding tert-OH is 1. The number of β-amino-alcohol motifs (C(OH)–C–C–N with tert-alkyl or cyclic N) is 1. The van der Waals surface area contributed by atoms with Crippen LogP contribution in [-0.4, -0.2) is 62.4 Å². The highest BCUT2D eigenvalue weighted by atomic mass is 35.5. The van der Waals surface area contributed by atoms with Gasteiger partial charge in [-0.1, -0.05) is 35.9 Å². The molecular formula is C27H30ClN3O3. The second-order valence-corrected chi connectivity index (χ2v) is 8.79. The SMILES string of the molecule is COc1ccc(-c2cccc(C(=O)Nc3ccc(N4CCN(CCO)CC4)c(Cl)c3)c2C)cc1. The quantitative estimate of drug-likeness (QED) is 0.514. The molecule has 2 N–H and O–H groups in total. The molecule has 1 aliphatic rings. The number of hydrogen-bond donors (Lipinski definition) is 2. The summed E-state index contributed by atoms with van der Waals surface area (Å²) < 4.78 is 5.25. The first-order valence-electron chi connectivity index (χ1n) is 11.4. The van der Waals surface area contributed by atoms with Crippen LogP contribution in [0.25, 0.3) is 11.1 Å². The van der Waals surface area contributed by atoms with Crippen LogP contribution in [0.4, 0.5) is 11.4 Å². The number of ether oxygens (including phenoxy) is 1. The van der Waals surface area contributed by atoms with Gasteiger partial charge in [0.25, 0.3) is 5.91 Å². The third-order valence-corrected chi connectivity index (χ3v) is 6.62. The van der Waals surface area contributed by atoms with Crippen LogP contribution >= 0.6 is 11.6 Å². The molecule has 1 saturated heterocycles. The van der Waals surface area contributed by atoms with Crippen molar-refractivity contribution in [3.8, 4) is 16.9 Å². The van der Waals surface area contributed by atoms with Gasteiger partial charge in [-0.3, -0.25) is 9.69 Å². The molecule has 1 fully saturated rings. The van der Waals surface area contributed by atoms with Crippen LogP contribution in [0.1, 0.15) is 15.9 Å². The maximum Gasteiger partial charge on any atom is 0.255 e. The molecule has 178 valence electrons. The standard InChI is InChI=1S/C27H30ClN3O3/c1-19-23(20-6-9-22(34-2)10-7-20)4-3-5-24(19)27(33)29-21-8-11-26(25(28)18-21)31-14-12-30(13-15-31)16-17-32/h3-11,18,32H,12-17H2,1-2H3,(H,29,33). The number of piperazine rings is 1. The van der Waals surface area contributed by atoms with Crippen molar-refractivity contribution in [2.24, 2.45) is 0 Å². The number of carbonyl (C=O) groups excluding carboxylic acids is 1. The van der Waals surface area contributed by atoms with E-state index in [-0.39, 0.29) is 12.5 Å². The molecule has 3 aromatic rings. The van der Waals surface area contributed by atoms with Crippen LogP contribution in [-0.2, 0) is 0 Å². The van der Waals surface area contributed by atoms with E-state index in [1.807, 2.05) is 61.5 Å². The van der Waals surface area contributed by atoms with Crippen LogP contribution in [0.5, 0.6) is 5.75 Å². The van der Waals surface area contributed by atoms with Crippen molar-refractivity contribution >= 4 is 28.9 Å². The lowest BCUT2D eigenvalue weighted by Crippen LogP contribution is -2.47. The highest BCUT2D eigenvalue weighted by Gasteiger charge is 2.19. The minimum Gasteiger partial charge on any atom is -0.497 e. The average Bonchev–Trinajstić information content (AvgIpc) is 2.85. The first-order chi connectivity index (χ1) is 16.5. The van der Waals surface area contributed by atoms with Crippen molar-refractivity contribution in [1.29, 1.82) is 0 Å². The fourth-order valence-corrected chi connectivity index (χ4v) is 4.66. The van der Waals surface area contributed by atoms with Gasteiger partial charge in [-0.05, 0) is 60.0 Å². The number of aliphatic hydroxyl groups is 1. The van der Waals surface area contributed by atoms with E-state index in [9.17, 15) is 4.79 Å². The molecule has 4 rings (SSSR count). The van der Waals surface area contributed by atoms with Gasteiger partial charge in [0.15, 0.2) is 0 Å². The predicted octanol–water partition coefficient (Wildman–Crippen LogP) is 4.69. The fraction of sp³-hybridized carbons (Fsp3) is 0.296. The number of amides is 1. The number of anilines is 2. The molecule has 6 nitrogen and oxygen atoms in total. The van der Waals surface area contributed by atoms with Gasteiger partial charge < -0.3 is 20.1 Å². The van der Waals surface area contributed by atoms with Crippen LogP contribution in [0.15, 0.2) is 60.7 Å². The Labute approximate surface area is 205 Å². The van der Waals surface area contributed by atoms with Crippen LogP contribution < -0.4 is 15.0 Å². The van der Waals surface area contributed by atoms with E-state index in [4.69, 9.17) is 21.4 Å². The number of nitrogens with zero attached hydrogens (tertiary/aromatic N) is 2. The second kappa shape index (κ2) is 10.9. The van der Waals surface area contributed by atoms with Gasteiger partial charge in [-0.2, -0.15) is 0 Å². The van der Waals surface area contributed by atoms with Crippen molar-refractivity contribution in [2.75, 3.05) is 56.7 Å². The molecule has 0 aromatic heterocycles. The topological polar surface area (TPSA) is 65.0 Å². The van der Waals surface area contributed by atoms with Gasteiger partial charge in [-0.25, -0.2) is 0 Å². The Hall–Kier alpha value is -3.06. The first kappa shape index (κ1) is 24.1. The maximum absolute atomic E-state index is 13.1. The molecule has 0 spiro atoms. The summed E-state index contributed by atoms with van der Waals surface area (Å²) in [6, 6.07) is 19.2. The highest BCUT2D eigenvalue weighted by molar-refractivity contribution is 6.33. The molecule has 1 heterocycles. The molecule has 34 heavy (non-hydrogen) atoms. The highest BCUT2D eigenvalue weighted by Crippen LogP contribution is 2.31. The van der Waals surface area contributed by atoms with Crippen molar-refractivity contribution < 1.29 is 14.6 Å². The van der Waals surface area contributed by atoms with Gasteiger partial charge in [0.1, 0.15) is 5.75 Å². The zero-order valence-electron chi connectivity index (χ0n) is 19.6. The maximum atomic E-state index is 13.1. The molecule has 3 aromatic carbocycles. The number of methoxy groups -OCH3 is 1. The Morgan fingerprint density at radius 3 is 2.44 bits per heavy atom. The first-order valence-corrected chi connectivity index (χ1v) is 11.8. The van der Waals surface area contributed by atoms with Gasteiger partial charge in [0, 0.05) is 44.0 Å². The van der Waals surface area contributed by atoms with Crippen LogP contribution in [0, 0.1) is 6.92 Å². The monoisotopic (exact) mass is 479 g/mol.